The number of carbonyl (C=O) groups is 1. The molecule has 0 aliphatic heterocycles. The SMILES string of the molecule is C=C(C(=O)OC)[C@@H]1CC=C(C)[C@H]2C[C@H](O)C(C)=C[C@H]21. The Kier molecular flexibility index (Phi) is 3.95. The van der Waals surface area contributed by atoms with Gasteiger partial charge in [-0.2, -0.15) is 0 Å². The predicted octanol–water partition coefficient (Wildman–Crippen LogP) is 2.63. The van der Waals surface area contributed by atoms with Crippen LogP contribution in [-0.4, -0.2) is 24.3 Å². The third-order valence-corrected chi connectivity index (χ3v) is 4.56. The monoisotopic (exact) mass is 262 g/mol. The number of rotatable bonds is 2. The summed E-state index contributed by atoms with van der Waals surface area (Å²) in [7, 11) is 1.39. The number of allylic oxidation sites excluding steroid dienone is 3. The number of hydrogen-bond acceptors (Lipinski definition) is 3. The molecule has 19 heavy (non-hydrogen) atoms. The summed E-state index contributed by atoms with van der Waals surface area (Å²) in [4.78, 5) is 11.7. The fourth-order valence-corrected chi connectivity index (χ4v) is 3.28. The molecule has 2 aliphatic rings. The molecule has 0 radical (unpaired) electrons. The highest BCUT2D eigenvalue weighted by atomic mass is 16.5. The number of aliphatic hydroxyl groups excluding tert-OH is 1. The minimum Gasteiger partial charge on any atom is -0.466 e. The summed E-state index contributed by atoms with van der Waals surface area (Å²) in [6.45, 7) is 7.97. The van der Waals surface area contributed by atoms with E-state index in [0.717, 1.165) is 18.4 Å². The van der Waals surface area contributed by atoms with Crippen molar-refractivity contribution in [3.05, 3.63) is 35.5 Å². The first-order valence-electron chi connectivity index (χ1n) is 6.75. The molecule has 0 bridgehead atoms. The Hall–Kier alpha value is -1.35. The van der Waals surface area contributed by atoms with Gasteiger partial charge in [-0.05, 0) is 44.1 Å². The van der Waals surface area contributed by atoms with E-state index in [9.17, 15) is 9.90 Å². The van der Waals surface area contributed by atoms with Gasteiger partial charge in [0, 0.05) is 11.5 Å². The van der Waals surface area contributed by atoms with Crippen LogP contribution in [0.2, 0.25) is 0 Å². The molecule has 0 aromatic heterocycles. The maximum Gasteiger partial charge on any atom is 0.333 e. The van der Waals surface area contributed by atoms with Crippen LogP contribution in [-0.2, 0) is 9.53 Å². The van der Waals surface area contributed by atoms with Gasteiger partial charge < -0.3 is 9.84 Å². The lowest BCUT2D eigenvalue weighted by atomic mass is 9.64. The molecule has 0 amide bonds. The number of fused-ring (bicyclic) bond motifs is 1. The topological polar surface area (TPSA) is 46.5 Å². The van der Waals surface area contributed by atoms with Crippen LogP contribution in [0.25, 0.3) is 0 Å². The lowest BCUT2D eigenvalue weighted by molar-refractivity contribution is -0.137. The molecule has 0 aromatic rings. The number of ether oxygens (including phenoxy) is 1. The highest BCUT2D eigenvalue weighted by molar-refractivity contribution is 5.88. The van der Waals surface area contributed by atoms with Gasteiger partial charge in [0.15, 0.2) is 0 Å². The van der Waals surface area contributed by atoms with Crippen molar-refractivity contribution in [2.24, 2.45) is 17.8 Å². The lowest BCUT2D eigenvalue weighted by Crippen LogP contribution is -2.36. The Labute approximate surface area is 114 Å². The highest BCUT2D eigenvalue weighted by Gasteiger charge is 2.39. The smallest absolute Gasteiger partial charge is 0.333 e. The van der Waals surface area contributed by atoms with Crippen LogP contribution in [0.4, 0.5) is 0 Å². The van der Waals surface area contributed by atoms with Gasteiger partial charge in [-0.15, -0.1) is 0 Å². The lowest BCUT2D eigenvalue weighted by Gasteiger charge is -2.41. The fourth-order valence-electron chi connectivity index (χ4n) is 3.28. The summed E-state index contributed by atoms with van der Waals surface area (Å²) in [5, 5.41) is 10.0. The van der Waals surface area contributed by atoms with E-state index in [2.05, 4.69) is 25.7 Å². The molecule has 0 saturated heterocycles. The second-order valence-electron chi connectivity index (χ2n) is 5.65. The Bertz CT molecular complexity index is 459. The average molecular weight is 262 g/mol. The highest BCUT2D eigenvalue weighted by Crippen LogP contribution is 2.45. The van der Waals surface area contributed by atoms with E-state index in [4.69, 9.17) is 4.74 Å². The summed E-state index contributed by atoms with van der Waals surface area (Å²) in [5.74, 6) is 0.316. The number of esters is 1. The normalized spacial score (nSPS) is 33.9. The van der Waals surface area contributed by atoms with Crippen LogP contribution in [0.15, 0.2) is 35.5 Å². The third kappa shape index (κ3) is 2.52. The molecule has 3 heteroatoms. The molecule has 1 N–H and O–H groups in total. The predicted molar refractivity (Wildman–Crippen MR) is 74.4 cm³/mol. The minimum atomic E-state index is -0.366. The zero-order valence-corrected chi connectivity index (χ0v) is 11.8. The standard InChI is InChI=1S/C16H22O3/c1-9-5-6-12(11(3)16(18)19-4)14-7-10(2)15(17)8-13(9)14/h5,7,12-15,17H,3,6,8H2,1-2,4H3/t12-,13+,14-,15-/m0/s1. The van der Waals surface area contributed by atoms with Crippen LogP contribution in [0.3, 0.4) is 0 Å². The van der Waals surface area contributed by atoms with E-state index in [1.54, 1.807) is 0 Å². The van der Waals surface area contributed by atoms with E-state index in [1.807, 2.05) is 6.92 Å². The maximum atomic E-state index is 11.7. The first kappa shape index (κ1) is 14.1. The summed E-state index contributed by atoms with van der Waals surface area (Å²) < 4.78 is 4.79. The molecule has 4 atom stereocenters. The first-order valence-corrected chi connectivity index (χ1v) is 6.75. The van der Waals surface area contributed by atoms with E-state index in [0.29, 0.717) is 11.5 Å². The minimum absolute atomic E-state index is 0.0867. The Balaban J connectivity index is 2.32. The number of aliphatic hydroxyl groups is 1. The van der Waals surface area contributed by atoms with Gasteiger partial charge in [-0.3, -0.25) is 0 Å². The number of carbonyl (C=O) groups excluding carboxylic acids is 1. The molecule has 0 unspecified atom stereocenters. The van der Waals surface area contributed by atoms with E-state index in [-0.39, 0.29) is 23.9 Å². The fraction of sp³-hybridized carbons (Fsp3) is 0.562. The van der Waals surface area contributed by atoms with Gasteiger partial charge in [-0.1, -0.05) is 24.3 Å². The Morgan fingerprint density at radius 2 is 2.11 bits per heavy atom. The quantitative estimate of drug-likeness (QED) is 0.473. The van der Waals surface area contributed by atoms with Gasteiger partial charge in [-0.25, -0.2) is 4.79 Å². The first-order chi connectivity index (χ1) is 8.95. The van der Waals surface area contributed by atoms with Crippen molar-refractivity contribution in [3.8, 4) is 0 Å². The summed E-state index contributed by atoms with van der Waals surface area (Å²) >= 11 is 0. The van der Waals surface area contributed by atoms with Gasteiger partial charge in [0.05, 0.1) is 13.2 Å². The van der Waals surface area contributed by atoms with Gasteiger partial charge >= 0.3 is 5.97 Å². The largest absolute Gasteiger partial charge is 0.466 e. The molecule has 3 nitrogen and oxygen atoms in total. The van der Waals surface area contributed by atoms with Crippen molar-refractivity contribution in [1.82, 2.24) is 0 Å². The summed E-state index contributed by atoms with van der Waals surface area (Å²) in [6, 6.07) is 0. The van der Waals surface area contributed by atoms with Gasteiger partial charge in [0.2, 0.25) is 0 Å². The molecule has 0 spiro atoms. The molecule has 0 fully saturated rings. The van der Waals surface area contributed by atoms with Crippen molar-refractivity contribution < 1.29 is 14.6 Å². The van der Waals surface area contributed by atoms with Crippen molar-refractivity contribution >= 4 is 5.97 Å². The van der Waals surface area contributed by atoms with Crippen LogP contribution in [0.1, 0.15) is 26.7 Å². The van der Waals surface area contributed by atoms with E-state index in [1.165, 1.54) is 12.7 Å². The van der Waals surface area contributed by atoms with Crippen molar-refractivity contribution in [2.75, 3.05) is 7.11 Å². The molecule has 2 rings (SSSR count). The maximum absolute atomic E-state index is 11.7. The molecule has 0 aromatic carbocycles. The average Bonchev–Trinajstić information content (AvgIpc) is 2.40. The molecule has 0 heterocycles. The Morgan fingerprint density at radius 3 is 2.74 bits per heavy atom. The molecule has 104 valence electrons. The number of hydrogen-bond donors (Lipinski definition) is 1. The van der Waals surface area contributed by atoms with Crippen LogP contribution >= 0.6 is 0 Å². The van der Waals surface area contributed by atoms with Crippen LogP contribution in [0, 0.1) is 17.8 Å². The van der Waals surface area contributed by atoms with Crippen molar-refractivity contribution in [2.45, 2.75) is 32.8 Å². The number of methoxy groups -OCH3 is 1. The zero-order valence-electron chi connectivity index (χ0n) is 11.8. The molecular formula is C16H22O3. The van der Waals surface area contributed by atoms with Gasteiger partial charge in [0.1, 0.15) is 0 Å². The van der Waals surface area contributed by atoms with Gasteiger partial charge in [0.25, 0.3) is 0 Å². The van der Waals surface area contributed by atoms with E-state index >= 15 is 0 Å². The molecule has 0 saturated carbocycles. The van der Waals surface area contributed by atoms with Crippen LogP contribution in [0.5, 0.6) is 0 Å². The second-order valence-corrected chi connectivity index (χ2v) is 5.65. The molecule has 2 aliphatic carbocycles. The van der Waals surface area contributed by atoms with E-state index < -0.39 is 0 Å². The summed E-state index contributed by atoms with van der Waals surface area (Å²) in [6.07, 6.45) is 5.48. The third-order valence-electron chi connectivity index (χ3n) is 4.56. The van der Waals surface area contributed by atoms with Crippen molar-refractivity contribution in [3.63, 3.8) is 0 Å². The summed E-state index contributed by atoms with van der Waals surface area (Å²) in [5.41, 5.74) is 2.85. The van der Waals surface area contributed by atoms with Crippen molar-refractivity contribution in [1.29, 1.82) is 0 Å². The second kappa shape index (κ2) is 5.33. The van der Waals surface area contributed by atoms with Crippen LogP contribution < -0.4 is 0 Å². The molecular weight excluding hydrogens is 240 g/mol. The Morgan fingerprint density at radius 1 is 1.42 bits per heavy atom. The zero-order chi connectivity index (χ0) is 14.2.